The molecule has 0 aliphatic rings. The van der Waals surface area contributed by atoms with E-state index in [4.69, 9.17) is 23.4 Å². The Hall–Kier alpha value is -4.09. The van der Waals surface area contributed by atoms with E-state index in [-0.39, 0.29) is 41.6 Å². The van der Waals surface area contributed by atoms with E-state index >= 15 is 0 Å². The van der Waals surface area contributed by atoms with Gasteiger partial charge in [-0.15, -0.1) is 0 Å². The van der Waals surface area contributed by atoms with Gasteiger partial charge in [-0.3, -0.25) is 20.2 Å². The Labute approximate surface area is 182 Å². The molecule has 0 aliphatic heterocycles. The average molecular weight is 450 g/mol. The number of ether oxygens (including phenoxy) is 4. The molecule has 0 unspecified atom stereocenters. The Kier molecular flexibility index (Phi) is 7.77. The van der Waals surface area contributed by atoms with Crippen molar-refractivity contribution < 1.29 is 42.7 Å². The number of nitro benzene ring substituents is 1. The monoisotopic (exact) mass is 450 g/mol. The van der Waals surface area contributed by atoms with Crippen molar-refractivity contribution in [3.05, 3.63) is 44.7 Å². The number of nitrogens with one attached hydrogen (secondary N) is 1. The fraction of sp³-hybridized carbons (Fsp3) is 0.350. The Balaban J connectivity index is 2.58. The number of benzene rings is 1. The number of esters is 2. The smallest absolute Gasteiger partial charge is 0.344 e. The van der Waals surface area contributed by atoms with E-state index in [9.17, 15) is 24.5 Å². The van der Waals surface area contributed by atoms with Gasteiger partial charge in [-0.1, -0.05) is 0 Å². The van der Waals surface area contributed by atoms with Crippen LogP contribution < -0.4 is 14.8 Å². The number of aryl methyl sites for hydroxylation is 1. The molecule has 0 saturated carbocycles. The van der Waals surface area contributed by atoms with Crippen LogP contribution in [-0.2, 0) is 9.47 Å². The van der Waals surface area contributed by atoms with E-state index < -0.39 is 39.9 Å². The van der Waals surface area contributed by atoms with E-state index in [1.165, 1.54) is 21.1 Å². The molecule has 1 aromatic heterocycles. The minimum atomic E-state index is -0.993. The number of hydrogen-bond acceptors (Lipinski definition) is 10. The second kappa shape index (κ2) is 10.3. The number of carbonyl (C=O) groups excluding carboxylic acids is 3. The second-order valence-electron chi connectivity index (χ2n) is 6.11. The molecule has 0 spiro atoms. The van der Waals surface area contributed by atoms with Crippen LogP contribution in [0.5, 0.6) is 11.5 Å². The van der Waals surface area contributed by atoms with Crippen LogP contribution >= 0.6 is 0 Å². The van der Waals surface area contributed by atoms with Crippen molar-refractivity contribution in [2.75, 3.05) is 32.8 Å². The third-order valence-electron chi connectivity index (χ3n) is 4.21. The number of furan rings is 1. The highest BCUT2D eigenvalue weighted by molar-refractivity contribution is 6.13. The molecule has 0 aliphatic carbocycles. The number of nitrogens with zero attached hydrogens (tertiary/aromatic N) is 1. The van der Waals surface area contributed by atoms with E-state index in [0.717, 1.165) is 12.1 Å². The third-order valence-corrected chi connectivity index (χ3v) is 4.21. The molecule has 32 heavy (non-hydrogen) atoms. The molecule has 2 aromatic rings. The number of nitro groups is 1. The molecule has 1 aromatic carbocycles. The number of amides is 1. The summed E-state index contributed by atoms with van der Waals surface area (Å²) >= 11 is 0. The lowest BCUT2D eigenvalue weighted by molar-refractivity contribution is -0.385. The lowest BCUT2D eigenvalue weighted by atomic mass is 10.1. The van der Waals surface area contributed by atoms with Crippen LogP contribution in [0.25, 0.3) is 0 Å². The van der Waals surface area contributed by atoms with Crippen LogP contribution in [0.4, 0.5) is 11.6 Å². The molecular weight excluding hydrogens is 428 g/mol. The van der Waals surface area contributed by atoms with Gasteiger partial charge in [0.2, 0.25) is 5.88 Å². The summed E-state index contributed by atoms with van der Waals surface area (Å²) in [6.45, 7) is 4.55. The molecule has 1 amide bonds. The van der Waals surface area contributed by atoms with E-state index in [2.05, 4.69) is 5.32 Å². The summed E-state index contributed by atoms with van der Waals surface area (Å²) in [6, 6.07) is 2.13. The summed E-state index contributed by atoms with van der Waals surface area (Å²) in [7, 11) is 2.58. The quantitative estimate of drug-likeness (QED) is 0.342. The maximum atomic E-state index is 12.9. The van der Waals surface area contributed by atoms with Gasteiger partial charge in [0.25, 0.3) is 11.6 Å². The molecular formula is C20H22N2O10. The zero-order valence-corrected chi connectivity index (χ0v) is 18.1. The highest BCUT2D eigenvalue weighted by Crippen LogP contribution is 2.36. The van der Waals surface area contributed by atoms with Crippen molar-refractivity contribution in [1.82, 2.24) is 0 Å². The number of rotatable bonds is 9. The Morgan fingerprint density at radius 2 is 1.53 bits per heavy atom. The summed E-state index contributed by atoms with van der Waals surface area (Å²) in [4.78, 5) is 48.5. The number of hydrogen-bond donors (Lipinski definition) is 1. The van der Waals surface area contributed by atoms with Crippen LogP contribution in [-0.4, -0.2) is 50.2 Å². The standard InChI is InChI=1S/C20H22N2O10/c1-6-30-19(24)15-10(3)32-18(16(15)20(25)31-7-2)21-17(23)11-8-13(28-4)14(29-5)9-12(11)22(26)27/h8-9H,6-7H2,1-5H3,(H,21,23). The molecule has 0 bridgehead atoms. The van der Waals surface area contributed by atoms with Gasteiger partial charge in [-0.05, 0) is 20.8 Å². The number of carbonyl (C=O) groups is 3. The molecule has 12 heteroatoms. The number of methoxy groups -OCH3 is 2. The Bertz CT molecular complexity index is 1060. The van der Waals surface area contributed by atoms with Crippen molar-refractivity contribution >= 4 is 29.4 Å². The second-order valence-corrected chi connectivity index (χ2v) is 6.11. The zero-order chi connectivity index (χ0) is 24.0. The van der Waals surface area contributed by atoms with Crippen molar-refractivity contribution in [3.63, 3.8) is 0 Å². The van der Waals surface area contributed by atoms with Gasteiger partial charge < -0.3 is 23.4 Å². The van der Waals surface area contributed by atoms with Crippen molar-refractivity contribution in [3.8, 4) is 11.5 Å². The number of anilines is 1. The topological polar surface area (TPSA) is 156 Å². The molecule has 0 atom stereocenters. The fourth-order valence-electron chi connectivity index (χ4n) is 2.85. The third kappa shape index (κ3) is 4.79. The molecule has 1 N–H and O–H groups in total. The highest BCUT2D eigenvalue weighted by Gasteiger charge is 2.33. The summed E-state index contributed by atoms with van der Waals surface area (Å²) in [5.41, 5.74) is -1.55. The van der Waals surface area contributed by atoms with Gasteiger partial charge in [0, 0.05) is 6.07 Å². The van der Waals surface area contributed by atoms with E-state index in [1.54, 1.807) is 13.8 Å². The highest BCUT2D eigenvalue weighted by atomic mass is 16.6. The van der Waals surface area contributed by atoms with Crippen LogP contribution in [0.2, 0.25) is 0 Å². The van der Waals surface area contributed by atoms with Gasteiger partial charge in [-0.2, -0.15) is 0 Å². The Morgan fingerprint density at radius 1 is 1.00 bits per heavy atom. The first-order valence-corrected chi connectivity index (χ1v) is 9.39. The van der Waals surface area contributed by atoms with Gasteiger partial charge in [0.15, 0.2) is 11.5 Å². The zero-order valence-electron chi connectivity index (χ0n) is 18.1. The molecule has 0 fully saturated rings. The van der Waals surface area contributed by atoms with E-state index in [1.807, 2.05) is 0 Å². The first-order valence-electron chi connectivity index (χ1n) is 9.39. The molecule has 12 nitrogen and oxygen atoms in total. The minimum Gasteiger partial charge on any atom is -0.493 e. The van der Waals surface area contributed by atoms with Gasteiger partial charge in [-0.25, -0.2) is 9.59 Å². The molecule has 172 valence electrons. The van der Waals surface area contributed by atoms with Crippen LogP contribution in [0.1, 0.15) is 50.7 Å². The predicted molar refractivity (Wildman–Crippen MR) is 110 cm³/mol. The summed E-state index contributed by atoms with van der Waals surface area (Å²) < 4.78 is 25.5. The molecule has 0 radical (unpaired) electrons. The summed E-state index contributed by atoms with van der Waals surface area (Å²) in [5, 5.41) is 13.8. The van der Waals surface area contributed by atoms with Crippen molar-refractivity contribution in [2.24, 2.45) is 0 Å². The SMILES string of the molecule is CCOC(=O)c1c(C)oc(NC(=O)c2cc(OC)c(OC)cc2[N+](=O)[O-])c1C(=O)OCC. The normalized spacial score (nSPS) is 10.3. The van der Waals surface area contributed by atoms with Gasteiger partial charge in [0.05, 0.1) is 38.4 Å². The van der Waals surface area contributed by atoms with E-state index in [0.29, 0.717) is 0 Å². The van der Waals surface area contributed by atoms with Gasteiger partial charge >= 0.3 is 11.9 Å². The summed E-state index contributed by atoms with van der Waals surface area (Å²) in [5.74, 6) is -3.11. The van der Waals surface area contributed by atoms with Crippen LogP contribution in [0.3, 0.4) is 0 Å². The lowest BCUT2D eigenvalue weighted by Crippen LogP contribution is -2.18. The van der Waals surface area contributed by atoms with Crippen molar-refractivity contribution in [2.45, 2.75) is 20.8 Å². The van der Waals surface area contributed by atoms with Crippen LogP contribution in [0, 0.1) is 17.0 Å². The van der Waals surface area contributed by atoms with Crippen molar-refractivity contribution in [1.29, 1.82) is 0 Å². The Morgan fingerprint density at radius 3 is 2.03 bits per heavy atom. The maximum absolute atomic E-state index is 12.9. The van der Waals surface area contributed by atoms with Gasteiger partial charge in [0.1, 0.15) is 22.5 Å². The largest absolute Gasteiger partial charge is 0.493 e. The maximum Gasteiger partial charge on any atom is 0.344 e. The first-order chi connectivity index (χ1) is 15.2. The molecule has 1 heterocycles. The molecule has 0 saturated heterocycles. The average Bonchev–Trinajstić information content (AvgIpc) is 3.08. The predicted octanol–water partition coefficient (Wildman–Crippen LogP) is 3.12. The minimum absolute atomic E-state index is 0.0105. The lowest BCUT2D eigenvalue weighted by Gasteiger charge is -2.11. The first kappa shape index (κ1) is 24.2. The fourth-order valence-corrected chi connectivity index (χ4v) is 2.85. The molecule has 2 rings (SSSR count). The summed E-state index contributed by atoms with van der Waals surface area (Å²) in [6.07, 6.45) is 0. The van der Waals surface area contributed by atoms with Crippen LogP contribution in [0.15, 0.2) is 16.5 Å².